The van der Waals surface area contributed by atoms with Crippen molar-refractivity contribution in [2.75, 3.05) is 12.4 Å². The number of benzene rings is 2. The van der Waals surface area contributed by atoms with Gasteiger partial charge in [-0.15, -0.1) is 0 Å². The summed E-state index contributed by atoms with van der Waals surface area (Å²) >= 11 is 0. The number of nitrogens with one attached hydrogen (secondary N) is 1. The van der Waals surface area contributed by atoms with Gasteiger partial charge in [0.25, 0.3) is 11.8 Å². The molecule has 1 aliphatic heterocycles. The van der Waals surface area contributed by atoms with Gasteiger partial charge in [-0.25, -0.2) is 0 Å². The third-order valence-corrected chi connectivity index (χ3v) is 5.46. The maximum atomic E-state index is 13.3. The standard InChI is InChI=1S/C26H26N2O4/c1-6-16(2)13-14-23(18(4)29)28-25(30)21-11-8-12-22(24(21)26(28)31)27-17(3)19-9-7-10-20(15-19)32-5/h6-12,15,23,27H,1-3,13-14H2,4-5H3. The van der Waals surface area contributed by atoms with E-state index in [1.54, 1.807) is 31.4 Å². The lowest BCUT2D eigenvalue weighted by molar-refractivity contribution is -0.120. The van der Waals surface area contributed by atoms with E-state index in [-0.39, 0.29) is 16.9 Å². The van der Waals surface area contributed by atoms with Crippen LogP contribution in [0, 0.1) is 0 Å². The lowest BCUT2D eigenvalue weighted by Crippen LogP contribution is -2.44. The van der Waals surface area contributed by atoms with Crippen LogP contribution >= 0.6 is 0 Å². The van der Waals surface area contributed by atoms with Gasteiger partial charge in [-0.05, 0) is 44.0 Å². The summed E-state index contributed by atoms with van der Waals surface area (Å²) in [5, 5.41) is 3.15. The Kier molecular flexibility index (Phi) is 6.73. The summed E-state index contributed by atoms with van der Waals surface area (Å²) in [7, 11) is 1.58. The van der Waals surface area contributed by atoms with Crippen LogP contribution in [0.3, 0.4) is 0 Å². The Hall–Kier alpha value is -3.93. The van der Waals surface area contributed by atoms with E-state index in [0.717, 1.165) is 16.0 Å². The summed E-state index contributed by atoms with van der Waals surface area (Å²) in [6.45, 7) is 13.0. The Morgan fingerprint density at radius 3 is 2.53 bits per heavy atom. The highest BCUT2D eigenvalue weighted by atomic mass is 16.5. The molecule has 6 heteroatoms. The van der Waals surface area contributed by atoms with Crippen molar-refractivity contribution in [2.24, 2.45) is 0 Å². The van der Waals surface area contributed by atoms with Crippen molar-refractivity contribution < 1.29 is 19.1 Å². The molecule has 2 aromatic carbocycles. The van der Waals surface area contributed by atoms with Gasteiger partial charge in [0.15, 0.2) is 5.78 Å². The van der Waals surface area contributed by atoms with Crippen LogP contribution in [0.5, 0.6) is 5.75 Å². The first-order chi connectivity index (χ1) is 15.3. The van der Waals surface area contributed by atoms with Gasteiger partial charge in [0, 0.05) is 11.3 Å². The van der Waals surface area contributed by atoms with Crippen LogP contribution in [0.15, 0.2) is 73.9 Å². The van der Waals surface area contributed by atoms with Crippen molar-refractivity contribution >= 4 is 29.0 Å². The summed E-state index contributed by atoms with van der Waals surface area (Å²) in [5.74, 6) is -0.570. The van der Waals surface area contributed by atoms with Crippen molar-refractivity contribution in [2.45, 2.75) is 25.8 Å². The number of anilines is 1. The third kappa shape index (κ3) is 4.39. The van der Waals surface area contributed by atoms with E-state index in [4.69, 9.17) is 4.74 Å². The number of ketones is 1. The number of hydrogen-bond acceptors (Lipinski definition) is 5. The number of rotatable bonds is 10. The number of hydrogen-bond donors (Lipinski definition) is 1. The van der Waals surface area contributed by atoms with Crippen molar-refractivity contribution in [3.63, 3.8) is 0 Å². The highest BCUT2D eigenvalue weighted by Gasteiger charge is 2.42. The fourth-order valence-corrected chi connectivity index (χ4v) is 3.67. The van der Waals surface area contributed by atoms with Gasteiger partial charge >= 0.3 is 0 Å². The summed E-state index contributed by atoms with van der Waals surface area (Å²) in [4.78, 5) is 39.8. The molecule has 0 saturated heterocycles. The molecule has 0 aliphatic carbocycles. The average Bonchev–Trinajstić information content (AvgIpc) is 3.04. The van der Waals surface area contributed by atoms with E-state index in [1.165, 1.54) is 6.92 Å². The monoisotopic (exact) mass is 430 g/mol. The summed E-state index contributed by atoms with van der Waals surface area (Å²) in [5.41, 5.74) is 3.00. The molecule has 1 heterocycles. The van der Waals surface area contributed by atoms with E-state index in [9.17, 15) is 14.4 Å². The SMILES string of the molecule is C=CC(=C)CCC(C(C)=O)N1C(=O)c2cccc(NC(=C)c3cccc(OC)c3)c2C1=O. The van der Waals surface area contributed by atoms with Crippen molar-refractivity contribution in [3.05, 3.63) is 90.5 Å². The van der Waals surface area contributed by atoms with Crippen molar-refractivity contribution in [1.29, 1.82) is 0 Å². The second kappa shape index (κ2) is 9.47. The first kappa shape index (κ1) is 22.7. The maximum Gasteiger partial charge on any atom is 0.264 e. The smallest absolute Gasteiger partial charge is 0.264 e. The first-order valence-electron chi connectivity index (χ1n) is 10.2. The van der Waals surface area contributed by atoms with Crippen LogP contribution < -0.4 is 10.1 Å². The molecule has 1 atom stereocenters. The van der Waals surface area contributed by atoms with Crippen LogP contribution in [0.4, 0.5) is 5.69 Å². The molecule has 3 rings (SSSR count). The molecule has 1 N–H and O–H groups in total. The second-order valence-corrected chi connectivity index (χ2v) is 7.57. The summed E-state index contributed by atoms with van der Waals surface area (Å²) in [6, 6.07) is 11.5. The van der Waals surface area contributed by atoms with Crippen LogP contribution in [0.25, 0.3) is 5.70 Å². The molecule has 0 radical (unpaired) electrons. The first-order valence-corrected chi connectivity index (χ1v) is 10.2. The topological polar surface area (TPSA) is 75.7 Å². The Labute approximate surface area is 187 Å². The molecule has 164 valence electrons. The van der Waals surface area contributed by atoms with E-state index < -0.39 is 17.9 Å². The minimum absolute atomic E-state index is 0.232. The molecule has 6 nitrogen and oxygen atoms in total. The van der Waals surface area contributed by atoms with Gasteiger partial charge in [0.05, 0.1) is 30.0 Å². The second-order valence-electron chi connectivity index (χ2n) is 7.57. The minimum Gasteiger partial charge on any atom is -0.497 e. The third-order valence-electron chi connectivity index (χ3n) is 5.46. The van der Waals surface area contributed by atoms with Crippen LogP contribution in [0.2, 0.25) is 0 Å². The fraction of sp³-hybridized carbons (Fsp3) is 0.192. The molecular formula is C26H26N2O4. The Balaban J connectivity index is 1.91. The minimum atomic E-state index is -0.867. The number of carbonyl (C=O) groups excluding carboxylic acids is 3. The highest BCUT2D eigenvalue weighted by Crippen LogP contribution is 2.33. The largest absolute Gasteiger partial charge is 0.497 e. The van der Waals surface area contributed by atoms with Gasteiger partial charge < -0.3 is 10.1 Å². The molecule has 1 unspecified atom stereocenters. The van der Waals surface area contributed by atoms with Crippen molar-refractivity contribution in [1.82, 2.24) is 4.90 Å². The van der Waals surface area contributed by atoms with Gasteiger partial charge in [0.2, 0.25) is 0 Å². The molecule has 0 saturated carbocycles. The quantitative estimate of drug-likeness (QED) is 0.431. The number of fused-ring (bicyclic) bond motifs is 1. The number of amides is 2. The maximum absolute atomic E-state index is 13.3. The van der Waals surface area contributed by atoms with Crippen LogP contribution in [-0.4, -0.2) is 35.6 Å². The van der Waals surface area contributed by atoms with E-state index in [1.807, 2.05) is 24.3 Å². The summed E-state index contributed by atoms with van der Waals surface area (Å²) < 4.78 is 5.25. The molecule has 1 aliphatic rings. The molecule has 0 fully saturated rings. The zero-order chi connectivity index (χ0) is 23.4. The van der Waals surface area contributed by atoms with Crippen molar-refractivity contribution in [3.8, 4) is 5.75 Å². The number of methoxy groups -OCH3 is 1. The van der Waals surface area contributed by atoms with Crippen LogP contribution in [0.1, 0.15) is 46.0 Å². The number of imide groups is 1. The summed E-state index contributed by atoms with van der Waals surface area (Å²) in [6.07, 6.45) is 2.36. The van der Waals surface area contributed by atoms with E-state index in [2.05, 4.69) is 25.1 Å². The molecular weight excluding hydrogens is 404 g/mol. The van der Waals surface area contributed by atoms with E-state index in [0.29, 0.717) is 30.0 Å². The van der Waals surface area contributed by atoms with Gasteiger partial charge in [-0.3, -0.25) is 19.3 Å². The zero-order valence-electron chi connectivity index (χ0n) is 18.3. The number of carbonyl (C=O) groups is 3. The number of allylic oxidation sites excluding steroid dienone is 2. The molecule has 0 spiro atoms. The number of ether oxygens (including phenoxy) is 1. The molecule has 0 aromatic heterocycles. The lowest BCUT2D eigenvalue weighted by atomic mass is 10.0. The highest BCUT2D eigenvalue weighted by molar-refractivity contribution is 6.25. The average molecular weight is 431 g/mol. The van der Waals surface area contributed by atoms with Crippen LogP contribution in [-0.2, 0) is 4.79 Å². The van der Waals surface area contributed by atoms with Gasteiger partial charge in [-0.1, -0.05) is 49.6 Å². The zero-order valence-corrected chi connectivity index (χ0v) is 18.3. The Morgan fingerprint density at radius 2 is 1.88 bits per heavy atom. The number of Topliss-reactive ketones (excluding diaryl/α,β-unsaturated/α-hetero) is 1. The fourth-order valence-electron chi connectivity index (χ4n) is 3.67. The normalized spacial score (nSPS) is 13.4. The predicted molar refractivity (Wildman–Crippen MR) is 126 cm³/mol. The van der Waals surface area contributed by atoms with Gasteiger partial charge in [0.1, 0.15) is 5.75 Å². The lowest BCUT2D eigenvalue weighted by Gasteiger charge is -2.24. The van der Waals surface area contributed by atoms with E-state index >= 15 is 0 Å². The molecule has 0 bridgehead atoms. The number of nitrogens with zero attached hydrogens (tertiary/aromatic N) is 1. The molecule has 32 heavy (non-hydrogen) atoms. The predicted octanol–water partition coefficient (Wildman–Crippen LogP) is 4.85. The van der Waals surface area contributed by atoms with Gasteiger partial charge in [-0.2, -0.15) is 0 Å². The molecule has 2 amide bonds. The Bertz CT molecular complexity index is 1130. The molecule has 2 aromatic rings. The Morgan fingerprint density at radius 1 is 1.16 bits per heavy atom.